The van der Waals surface area contributed by atoms with Gasteiger partial charge >= 0.3 is 0 Å². The van der Waals surface area contributed by atoms with Crippen LogP contribution in [0.2, 0.25) is 0 Å². The Morgan fingerprint density at radius 2 is 1.47 bits per heavy atom. The van der Waals surface area contributed by atoms with Crippen molar-refractivity contribution in [3.63, 3.8) is 0 Å². The zero-order valence-electron chi connectivity index (χ0n) is 11.1. The highest BCUT2D eigenvalue weighted by atomic mass is 32.2. The zero-order chi connectivity index (χ0) is 13.3. The van der Waals surface area contributed by atoms with Crippen molar-refractivity contribution in [2.24, 2.45) is 11.8 Å². The molecule has 2 atom stereocenters. The van der Waals surface area contributed by atoms with Crippen LogP contribution in [0, 0.1) is 11.8 Å². The van der Waals surface area contributed by atoms with E-state index in [0.717, 1.165) is 12.8 Å². The van der Waals surface area contributed by atoms with Gasteiger partial charge in [0.2, 0.25) is 0 Å². The van der Waals surface area contributed by atoms with E-state index in [2.05, 4.69) is 27.7 Å². The van der Waals surface area contributed by atoms with Gasteiger partial charge in [0.05, 0.1) is 6.61 Å². The van der Waals surface area contributed by atoms with E-state index < -0.39 is 22.2 Å². The highest BCUT2D eigenvalue weighted by molar-refractivity contribution is 7.83. The molecule has 17 heavy (non-hydrogen) atoms. The van der Waals surface area contributed by atoms with E-state index in [9.17, 15) is 8.42 Å². The van der Waals surface area contributed by atoms with Crippen LogP contribution in [0.25, 0.3) is 0 Å². The fourth-order valence-electron chi connectivity index (χ4n) is 0.895. The minimum Gasteiger partial charge on any atom is -0.289 e. The van der Waals surface area contributed by atoms with Crippen molar-refractivity contribution in [3.05, 3.63) is 0 Å². The molecule has 0 heterocycles. The summed E-state index contributed by atoms with van der Waals surface area (Å²) >= 11 is -2.84. The van der Waals surface area contributed by atoms with Crippen LogP contribution in [-0.4, -0.2) is 26.7 Å². The van der Waals surface area contributed by atoms with Gasteiger partial charge in [0, 0.05) is 5.75 Å². The quantitative estimate of drug-likeness (QED) is 0.618. The Bertz CT molecular complexity index is 242. The lowest BCUT2D eigenvalue weighted by Crippen LogP contribution is -2.12. The Kier molecular flexibility index (Phi) is 10.3. The molecule has 0 aliphatic carbocycles. The van der Waals surface area contributed by atoms with Crippen LogP contribution in [0.1, 0.15) is 40.5 Å². The predicted molar refractivity (Wildman–Crippen MR) is 72.0 cm³/mol. The van der Waals surface area contributed by atoms with E-state index in [0.29, 0.717) is 24.2 Å². The molecule has 0 amide bonds. The molecule has 0 spiro atoms. The highest BCUT2D eigenvalue weighted by Crippen LogP contribution is 2.03. The van der Waals surface area contributed by atoms with E-state index in [1.807, 2.05) is 0 Å². The van der Waals surface area contributed by atoms with Gasteiger partial charge in [-0.25, -0.2) is 8.42 Å². The van der Waals surface area contributed by atoms with Crippen molar-refractivity contribution in [3.8, 4) is 0 Å². The van der Waals surface area contributed by atoms with E-state index in [-0.39, 0.29) is 5.94 Å². The van der Waals surface area contributed by atoms with Gasteiger partial charge in [-0.05, 0) is 24.7 Å². The third-order valence-corrected chi connectivity index (χ3v) is 3.89. The zero-order valence-corrected chi connectivity index (χ0v) is 12.8. The second-order valence-electron chi connectivity index (χ2n) is 4.73. The Morgan fingerprint density at radius 1 is 0.882 bits per heavy atom. The Morgan fingerprint density at radius 3 is 2.00 bits per heavy atom. The summed E-state index contributed by atoms with van der Waals surface area (Å²) in [5, 5.41) is 0. The second-order valence-corrected chi connectivity index (χ2v) is 7.06. The van der Waals surface area contributed by atoms with Crippen LogP contribution in [-0.2, 0) is 30.5 Å². The third-order valence-electron chi connectivity index (χ3n) is 2.05. The fourth-order valence-corrected chi connectivity index (χ4v) is 2.77. The van der Waals surface area contributed by atoms with Crippen molar-refractivity contribution < 1.29 is 16.8 Å². The van der Waals surface area contributed by atoms with E-state index >= 15 is 0 Å². The molecule has 0 bridgehead atoms. The van der Waals surface area contributed by atoms with Gasteiger partial charge in [0.15, 0.2) is 28.1 Å². The van der Waals surface area contributed by atoms with E-state index in [1.54, 1.807) is 0 Å². The van der Waals surface area contributed by atoms with Crippen LogP contribution in [0.15, 0.2) is 0 Å². The molecular weight excluding hydrogens is 260 g/mol. The monoisotopic (exact) mass is 284 g/mol. The molecule has 6 heteroatoms. The van der Waals surface area contributed by atoms with Crippen LogP contribution in [0.5, 0.6) is 0 Å². The summed E-state index contributed by atoms with van der Waals surface area (Å²) in [5.74, 6) is 1.40. The molecule has 0 N–H and O–H groups in total. The first kappa shape index (κ1) is 17.2. The van der Waals surface area contributed by atoms with Crippen molar-refractivity contribution in [2.75, 3.05) is 18.3 Å². The first-order valence-electron chi connectivity index (χ1n) is 5.95. The molecular formula is C11H24O4S2. The summed E-state index contributed by atoms with van der Waals surface area (Å²) in [7, 11) is 0. The second kappa shape index (κ2) is 10.2. The molecule has 0 aromatic rings. The van der Waals surface area contributed by atoms with E-state index in [4.69, 9.17) is 8.37 Å². The summed E-state index contributed by atoms with van der Waals surface area (Å²) in [5.41, 5.74) is 0. The molecule has 0 saturated carbocycles. The Hall–Kier alpha value is 0.220. The van der Waals surface area contributed by atoms with Gasteiger partial charge in [-0.2, -0.15) is 0 Å². The first-order valence-corrected chi connectivity index (χ1v) is 8.44. The summed E-state index contributed by atoms with van der Waals surface area (Å²) in [6.45, 7) is 8.72. The van der Waals surface area contributed by atoms with Crippen molar-refractivity contribution in [1.29, 1.82) is 0 Å². The van der Waals surface area contributed by atoms with Crippen LogP contribution >= 0.6 is 0 Å². The summed E-state index contributed by atoms with van der Waals surface area (Å²) in [6, 6.07) is 0. The molecule has 0 aliphatic heterocycles. The van der Waals surface area contributed by atoms with Gasteiger partial charge in [-0.15, -0.1) is 0 Å². The van der Waals surface area contributed by atoms with Crippen LogP contribution < -0.4 is 0 Å². The average Bonchev–Trinajstić information content (AvgIpc) is 2.23. The molecule has 0 rings (SSSR count). The minimum absolute atomic E-state index is 0.108. The lowest BCUT2D eigenvalue weighted by atomic mass is 10.2. The van der Waals surface area contributed by atoms with Crippen molar-refractivity contribution >= 4 is 22.2 Å². The highest BCUT2D eigenvalue weighted by Gasteiger charge is 2.07. The molecule has 0 aliphatic rings. The molecule has 2 unspecified atom stereocenters. The van der Waals surface area contributed by atoms with Gasteiger partial charge < -0.3 is 0 Å². The molecule has 0 aromatic carbocycles. The van der Waals surface area contributed by atoms with Crippen LogP contribution in [0.4, 0.5) is 0 Å². The first-order chi connectivity index (χ1) is 7.91. The van der Waals surface area contributed by atoms with Gasteiger partial charge in [-0.1, -0.05) is 27.7 Å². The summed E-state index contributed by atoms with van der Waals surface area (Å²) < 4.78 is 32.6. The molecule has 104 valence electrons. The Balaban J connectivity index is 3.52. The smallest absolute Gasteiger partial charge is 0.183 e. The maximum absolute atomic E-state index is 11.3. The maximum atomic E-state index is 11.3. The number of hydrogen-bond acceptors (Lipinski definition) is 4. The summed E-state index contributed by atoms with van der Waals surface area (Å²) in [6.07, 6.45) is 1.70. The normalized spacial score (nSPS) is 15.4. The number of hydrogen-bond donors (Lipinski definition) is 0. The van der Waals surface area contributed by atoms with Crippen LogP contribution in [0.3, 0.4) is 0 Å². The van der Waals surface area contributed by atoms with Gasteiger partial charge in [-0.3, -0.25) is 8.37 Å². The molecule has 4 nitrogen and oxygen atoms in total. The molecule has 0 radical (unpaired) electrons. The topological polar surface area (TPSA) is 52.6 Å². The fraction of sp³-hybridized carbons (Fsp3) is 1.00. The minimum atomic E-state index is -1.49. The third kappa shape index (κ3) is 12.5. The Labute approximate surface area is 110 Å². The molecule has 0 fully saturated rings. The molecule has 0 aromatic heterocycles. The van der Waals surface area contributed by atoms with Crippen molar-refractivity contribution in [1.82, 2.24) is 0 Å². The summed E-state index contributed by atoms with van der Waals surface area (Å²) in [4.78, 5) is 0. The maximum Gasteiger partial charge on any atom is 0.183 e. The standard InChI is InChI=1S/C11H24O4S2/c1-10(2)5-7-14-17(13)9-15-16(12)8-6-11(3)4/h10-11H,5-9H2,1-4H3. The molecule has 0 saturated heterocycles. The average molecular weight is 284 g/mol. The van der Waals surface area contributed by atoms with Gasteiger partial charge in [0.1, 0.15) is 0 Å². The van der Waals surface area contributed by atoms with Gasteiger partial charge in [0.25, 0.3) is 0 Å². The lowest BCUT2D eigenvalue weighted by Gasteiger charge is -2.07. The lowest BCUT2D eigenvalue weighted by molar-refractivity contribution is 0.299. The SMILES string of the molecule is CC(C)CCOS(=O)COS(=O)CCC(C)C. The predicted octanol–water partition coefficient (Wildman–Crippen LogP) is 2.40. The number of rotatable bonds is 10. The van der Waals surface area contributed by atoms with E-state index in [1.165, 1.54) is 0 Å². The van der Waals surface area contributed by atoms with Crippen molar-refractivity contribution in [2.45, 2.75) is 40.5 Å². The largest absolute Gasteiger partial charge is 0.289 e.